The highest BCUT2D eigenvalue weighted by Gasteiger charge is 2.24. The molecule has 0 radical (unpaired) electrons. The zero-order chi connectivity index (χ0) is 15.8. The molecule has 0 aliphatic heterocycles. The smallest absolute Gasteiger partial charge is 0.243 e. The van der Waals surface area contributed by atoms with Gasteiger partial charge in [-0.25, -0.2) is 0 Å². The Morgan fingerprint density at radius 1 is 1.10 bits per heavy atom. The van der Waals surface area contributed by atoms with Crippen LogP contribution in [-0.2, 0) is 20.8 Å². The SMILES string of the molecule is CC[C@@H](NC(=O)[C@@H](Cc1ccccc1)NC(C)=O)C(N)=O. The highest BCUT2D eigenvalue weighted by molar-refractivity contribution is 5.91. The summed E-state index contributed by atoms with van der Waals surface area (Å²) in [7, 11) is 0. The summed E-state index contributed by atoms with van der Waals surface area (Å²) in [6, 6.07) is 7.85. The van der Waals surface area contributed by atoms with Gasteiger partial charge in [0, 0.05) is 13.3 Å². The summed E-state index contributed by atoms with van der Waals surface area (Å²) in [6.45, 7) is 3.09. The van der Waals surface area contributed by atoms with E-state index in [0.29, 0.717) is 12.8 Å². The second-order valence-corrected chi connectivity index (χ2v) is 4.81. The number of carbonyl (C=O) groups excluding carboxylic acids is 3. The summed E-state index contributed by atoms with van der Waals surface area (Å²) in [5.41, 5.74) is 6.12. The van der Waals surface area contributed by atoms with Gasteiger partial charge in [0.05, 0.1) is 0 Å². The highest BCUT2D eigenvalue weighted by atomic mass is 16.2. The zero-order valence-electron chi connectivity index (χ0n) is 12.3. The minimum atomic E-state index is -0.738. The molecule has 0 saturated carbocycles. The maximum atomic E-state index is 12.2. The topological polar surface area (TPSA) is 101 Å². The van der Waals surface area contributed by atoms with E-state index in [0.717, 1.165) is 5.56 Å². The van der Waals surface area contributed by atoms with Crippen LogP contribution in [0.2, 0.25) is 0 Å². The van der Waals surface area contributed by atoms with E-state index >= 15 is 0 Å². The van der Waals surface area contributed by atoms with Crippen molar-refractivity contribution >= 4 is 17.7 Å². The Balaban J connectivity index is 2.79. The average molecular weight is 291 g/mol. The Morgan fingerprint density at radius 3 is 2.19 bits per heavy atom. The number of hydrogen-bond donors (Lipinski definition) is 3. The van der Waals surface area contributed by atoms with Crippen LogP contribution in [0.15, 0.2) is 30.3 Å². The van der Waals surface area contributed by atoms with Crippen LogP contribution in [0.3, 0.4) is 0 Å². The standard InChI is InChI=1S/C15H21N3O3/c1-3-12(14(16)20)18-15(21)13(17-10(2)19)9-11-7-5-4-6-8-11/h4-8,12-13H,3,9H2,1-2H3,(H2,16,20)(H,17,19)(H,18,21)/t12-,13-/m1/s1. The number of carbonyl (C=O) groups is 3. The molecule has 6 heteroatoms. The average Bonchev–Trinajstić information content (AvgIpc) is 2.44. The lowest BCUT2D eigenvalue weighted by atomic mass is 10.0. The first-order valence-corrected chi connectivity index (χ1v) is 6.84. The molecule has 0 unspecified atom stereocenters. The van der Waals surface area contributed by atoms with Crippen LogP contribution in [-0.4, -0.2) is 29.8 Å². The first kappa shape index (κ1) is 16.7. The van der Waals surface area contributed by atoms with Crippen LogP contribution >= 0.6 is 0 Å². The molecule has 0 heterocycles. The predicted molar refractivity (Wildman–Crippen MR) is 79.2 cm³/mol. The second kappa shape index (κ2) is 8.04. The lowest BCUT2D eigenvalue weighted by molar-refractivity contribution is -0.130. The molecule has 1 aromatic rings. The lowest BCUT2D eigenvalue weighted by Crippen LogP contribution is -2.53. The largest absolute Gasteiger partial charge is 0.368 e. The quantitative estimate of drug-likeness (QED) is 0.664. The fraction of sp³-hybridized carbons (Fsp3) is 0.400. The number of hydrogen-bond acceptors (Lipinski definition) is 3. The van der Waals surface area contributed by atoms with Gasteiger partial charge in [0.15, 0.2) is 0 Å². The van der Waals surface area contributed by atoms with Crippen LogP contribution in [0.5, 0.6) is 0 Å². The van der Waals surface area contributed by atoms with Gasteiger partial charge in [0.25, 0.3) is 0 Å². The molecular formula is C15H21N3O3. The number of benzene rings is 1. The van der Waals surface area contributed by atoms with Crippen molar-refractivity contribution in [3.05, 3.63) is 35.9 Å². The molecule has 21 heavy (non-hydrogen) atoms. The van der Waals surface area contributed by atoms with E-state index in [4.69, 9.17) is 5.73 Å². The summed E-state index contributed by atoms with van der Waals surface area (Å²) < 4.78 is 0. The van der Waals surface area contributed by atoms with E-state index < -0.39 is 23.9 Å². The van der Waals surface area contributed by atoms with Gasteiger partial charge in [0.2, 0.25) is 17.7 Å². The third kappa shape index (κ3) is 5.64. The van der Waals surface area contributed by atoms with Gasteiger partial charge in [-0.2, -0.15) is 0 Å². The van der Waals surface area contributed by atoms with Crippen molar-refractivity contribution in [2.24, 2.45) is 5.73 Å². The molecule has 6 nitrogen and oxygen atoms in total. The molecule has 0 fully saturated rings. The maximum Gasteiger partial charge on any atom is 0.243 e. The Labute approximate surface area is 124 Å². The Morgan fingerprint density at radius 2 is 1.71 bits per heavy atom. The molecule has 1 rings (SSSR count). The normalized spacial score (nSPS) is 13.0. The maximum absolute atomic E-state index is 12.2. The molecule has 4 N–H and O–H groups in total. The zero-order valence-corrected chi connectivity index (χ0v) is 12.3. The molecule has 3 amide bonds. The minimum absolute atomic E-state index is 0.307. The van der Waals surface area contributed by atoms with E-state index in [1.54, 1.807) is 6.92 Å². The van der Waals surface area contributed by atoms with E-state index in [2.05, 4.69) is 10.6 Å². The molecule has 0 aromatic heterocycles. The number of amides is 3. The van der Waals surface area contributed by atoms with Crippen LogP contribution in [0, 0.1) is 0 Å². The fourth-order valence-corrected chi connectivity index (χ4v) is 1.95. The Hall–Kier alpha value is -2.37. The van der Waals surface area contributed by atoms with Crippen molar-refractivity contribution in [3.8, 4) is 0 Å². The highest BCUT2D eigenvalue weighted by Crippen LogP contribution is 2.04. The molecule has 0 saturated heterocycles. The molecule has 0 aliphatic carbocycles. The van der Waals surface area contributed by atoms with Crippen molar-refractivity contribution in [2.75, 3.05) is 0 Å². The van der Waals surface area contributed by atoms with Gasteiger partial charge in [-0.1, -0.05) is 37.3 Å². The third-order valence-electron chi connectivity index (χ3n) is 3.04. The van der Waals surface area contributed by atoms with Crippen molar-refractivity contribution in [1.82, 2.24) is 10.6 Å². The monoisotopic (exact) mass is 291 g/mol. The number of rotatable bonds is 7. The van der Waals surface area contributed by atoms with Crippen molar-refractivity contribution in [1.29, 1.82) is 0 Å². The Bertz CT molecular complexity index is 502. The molecule has 114 valence electrons. The molecule has 2 atom stereocenters. The van der Waals surface area contributed by atoms with E-state index in [9.17, 15) is 14.4 Å². The van der Waals surface area contributed by atoms with Gasteiger partial charge < -0.3 is 16.4 Å². The van der Waals surface area contributed by atoms with Crippen molar-refractivity contribution < 1.29 is 14.4 Å². The summed E-state index contributed by atoms with van der Waals surface area (Å²) in [4.78, 5) is 34.7. The minimum Gasteiger partial charge on any atom is -0.368 e. The Kier molecular flexibility index (Phi) is 6.39. The van der Waals surface area contributed by atoms with Crippen LogP contribution in [0.25, 0.3) is 0 Å². The van der Waals surface area contributed by atoms with Gasteiger partial charge in [-0.05, 0) is 12.0 Å². The van der Waals surface area contributed by atoms with Gasteiger partial charge >= 0.3 is 0 Å². The van der Waals surface area contributed by atoms with Gasteiger partial charge in [0.1, 0.15) is 12.1 Å². The number of primary amides is 1. The molecule has 0 bridgehead atoms. The molecule has 0 spiro atoms. The van der Waals surface area contributed by atoms with Crippen molar-refractivity contribution in [3.63, 3.8) is 0 Å². The van der Waals surface area contributed by atoms with Crippen LogP contribution in [0.1, 0.15) is 25.8 Å². The van der Waals surface area contributed by atoms with Gasteiger partial charge in [-0.15, -0.1) is 0 Å². The van der Waals surface area contributed by atoms with Crippen molar-refractivity contribution in [2.45, 2.75) is 38.8 Å². The molecule has 1 aromatic carbocycles. The first-order valence-electron chi connectivity index (χ1n) is 6.84. The second-order valence-electron chi connectivity index (χ2n) is 4.81. The van der Waals surface area contributed by atoms with Crippen LogP contribution < -0.4 is 16.4 Å². The molecule has 0 aliphatic rings. The number of nitrogens with two attached hydrogens (primary N) is 1. The van der Waals surface area contributed by atoms with E-state index in [1.807, 2.05) is 30.3 Å². The van der Waals surface area contributed by atoms with Gasteiger partial charge in [-0.3, -0.25) is 14.4 Å². The van der Waals surface area contributed by atoms with E-state index in [-0.39, 0.29) is 5.91 Å². The third-order valence-corrected chi connectivity index (χ3v) is 3.04. The first-order chi connectivity index (χ1) is 9.93. The molecular weight excluding hydrogens is 270 g/mol. The summed E-state index contributed by atoms with van der Waals surface area (Å²) >= 11 is 0. The number of nitrogens with one attached hydrogen (secondary N) is 2. The summed E-state index contributed by atoms with van der Waals surface area (Å²) in [6.07, 6.45) is 0.751. The predicted octanol–water partition coefficient (Wildman–Crippen LogP) is 0.114. The summed E-state index contributed by atoms with van der Waals surface area (Å²) in [5.74, 6) is -1.31. The summed E-state index contributed by atoms with van der Waals surface area (Å²) in [5, 5.41) is 5.16. The van der Waals surface area contributed by atoms with Crippen LogP contribution in [0.4, 0.5) is 0 Å². The van der Waals surface area contributed by atoms with E-state index in [1.165, 1.54) is 6.92 Å². The lowest BCUT2D eigenvalue weighted by Gasteiger charge is -2.20. The fourth-order valence-electron chi connectivity index (χ4n) is 1.95.